The number of sulfone groups is 1. The Labute approximate surface area is 183 Å². The monoisotopic (exact) mass is 467 g/mol. The molecule has 2 aromatic heterocycles. The molecule has 3 aromatic rings. The van der Waals surface area contributed by atoms with Crippen molar-refractivity contribution < 1.29 is 27.4 Å². The van der Waals surface area contributed by atoms with Crippen molar-refractivity contribution in [3.8, 4) is 5.88 Å². The number of carbonyl (C=O) groups is 1. The van der Waals surface area contributed by atoms with Crippen molar-refractivity contribution in [3.63, 3.8) is 0 Å². The highest BCUT2D eigenvalue weighted by Gasteiger charge is 2.19. The molecule has 11 heteroatoms. The summed E-state index contributed by atoms with van der Waals surface area (Å²) >= 11 is 0.665. The number of benzene rings is 1. The fourth-order valence-corrected chi connectivity index (χ4v) is 3.98. The number of hydrogen-bond donors (Lipinski definition) is 2. The molecule has 0 bridgehead atoms. The maximum atomic E-state index is 13.1. The average Bonchev–Trinajstić information content (AvgIpc) is 3.26. The lowest BCUT2D eigenvalue weighted by Gasteiger charge is -2.12. The molecule has 1 amide bonds. The zero-order valence-electron chi connectivity index (χ0n) is 17.1. The van der Waals surface area contributed by atoms with Gasteiger partial charge >= 0.3 is 6.09 Å². The Balaban J connectivity index is 1.84. The van der Waals surface area contributed by atoms with Crippen LogP contribution in [0.25, 0.3) is 0 Å². The van der Waals surface area contributed by atoms with E-state index in [9.17, 15) is 22.7 Å². The van der Waals surface area contributed by atoms with Gasteiger partial charge in [0.2, 0.25) is 5.88 Å². The maximum Gasteiger partial charge on any atom is 0.420 e. The van der Waals surface area contributed by atoms with Gasteiger partial charge in [0.05, 0.1) is 23.7 Å². The summed E-state index contributed by atoms with van der Waals surface area (Å²) in [7, 11) is -3.31. The Morgan fingerprint density at radius 2 is 2.00 bits per heavy atom. The van der Waals surface area contributed by atoms with Gasteiger partial charge in [-0.15, -0.1) is 0 Å². The predicted molar refractivity (Wildman–Crippen MR) is 115 cm³/mol. The zero-order valence-corrected chi connectivity index (χ0v) is 18.7. The number of thiazole rings is 1. The number of carbonyl (C=O) groups excluding carboxylic acids is 1. The van der Waals surface area contributed by atoms with E-state index in [2.05, 4.69) is 10.3 Å². The van der Waals surface area contributed by atoms with E-state index in [0.717, 1.165) is 18.0 Å². The van der Waals surface area contributed by atoms with Crippen molar-refractivity contribution in [3.05, 3.63) is 59.0 Å². The summed E-state index contributed by atoms with van der Waals surface area (Å²) < 4.78 is 43.4. The molecule has 31 heavy (non-hydrogen) atoms. The van der Waals surface area contributed by atoms with Crippen molar-refractivity contribution >= 4 is 32.4 Å². The van der Waals surface area contributed by atoms with Crippen molar-refractivity contribution in [1.29, 1.82) is 0 Å². The van der Waals surface area contributed by atoms with E-state index in [4.69, 9.17) is 4.74 Å². The van der Waals surface area contributed by atoms with Gasteiger partial charge in [-0.1, -0.05) is 37.3 Å². The molecule has 0 spiro atoms. The second-order valence-electron chi connectivity index (χ2n) is 7.33. The highest BCUT2D eigenvalue weighted by molar-refractivity contribution is 7.90. The molecule has 0 radical (unpaired) electrons. The average molecular weight is 468 g/mol. The Morgan fingerprint density at radius 1 is 1.32 bits per heavy atom. The van der Waals surface area contributed by atoms with E-state index in [1.54, 1.807) is 29.0 Å². The summed E-state index contributed by atoms with van der Waals surface area (Å²) in [6.45, 7) is 3.98. The number of anilines is 1. The van der Waals surface area contributed by atoms with Crippen LogP contribution in [-0.4, -0.2) is 35.4 Å². The van der Waals surface area contributed by atoms with Gasteiger partial charge in [-0.2, -0.15) is 4.39 Å². The van der Waals surface area contributed by atoms with Crippen LogP contribution in [0.3, 0.4) is 0 Å². The maximum absolute atomic E-state index is 13.1. The first-order valence-electron chi connectivity index (χ1n) is 9.30. The minimum Gasteiger partial charge on any atom is -0.393 e. The van der Waals surface area contributed by atoms with Crippen molar-refractivity contribution in [2.45, 2.75) is 31.4 Å². The topological polar surface area (TPSA) is 111 Å². The van der Waals surface area contributed by atoms with Gasteiger partial charge in [0, 0.05) is 24.1 Å². The standard InChI is InChI=1S/C20H22FN3O5S2/c1-12(2)18(25)14-8-17(29-20(26)23-19-22-9-16(21)30-19)24(11-14)10-13-4-6-15(7-5-13)31(3,27)28/h4-9,11-12,18,25H,10H2,1-3H3,(H,22,23,26). The van der Waals surface area contributed by atoms with E-state index in [-0.39, 0.29) is 28.4 Å². The van der Waals surface area contributed by atoms with Gasteiger partial charge in [-0.05, 0) is 23.6 Å². The van der Waals surface area contributed by atoms with Crippen LogP contribution in [0.15, 0.2) is 47.6 Å². The van der Waals surface area contributed by atoms with Gasteiger partial charge in [0.25, 0.3) is 0 Å². The van der Waals surface area contributed by atoms with Crippen LogP contribution in [0.4, 0.5) is 14.3 Å². The van der Waals surface area contributed by atoms with Crippen LogP contribution in [0.5, 0.6) is 5.88 Å². The van der Waals surface area contributed by atoms with E-state index in [0.29, 0.717) is 16.9 Å². The summed E-state index contributed by atoms with van der Waals surface area (Å²) in [5.74, 6) is 0.0984. The lowest BCUT2D eigenvalue weighted by Crippen LogP contribution is -2.18. The van der Waals surface area contributed by atoms with Gasteiger partial charge in [0.15, 0.2) is 20.1 Å². The number of aromatic nitrogens is 2. The smallest absolute Gasteiger partial charge is 0.393 e. The Morgan fingerprint density at radius 3 is 2.55 bits per heavy atom. The van der Waals surface area contributed by atoms with Crippen LogP contribution >= 0.6 is 11.3 Å². The quantitative estimate of drug-likeness (QED) is 0.546. The molecule has 1 aromatic carbocycles. The third kappa shape index (κ3) is 5.90. The number of aliphatic hydroxyl groups excluding tert-OH is 1. The highest BCUT2D eigenvalue weighted by Crippen LogP contribution is 2.28. The molecule has 0 aliphatic heterocycles. The normalized spacial score (nSPS) is 12.7. The summed E-state index contributed by atoms with van der Waals surface area (Å²) in [5.41, 5.74) is 1.33. The molecule has 3 rings (SSSR count). The molecular weight excluding hydrogens is 445 g/mol. The van der Waals surface area contributed by atoms with Crippen molar-refractivity contribution in [2.75, 3.05) is 11.6 Å². The molecule has 2 heterocycles. The molecule has 0 aliphatic carbocycles. The number of ether oxygens (including phenoxy) is 1. The van der Waals surface area contributed by atoms with Crippen LogP contribution in [-0.2, 0) is 16.4 Å². The van der Waals surface area contributed by atoms with Gasteiger partial charge in [0.1, 0.15) is 0 Å². The van der Waals surface area contributed by atoms with E-state index >= 15 is 0 Å². The number of nitrogens with one attached hydrogen (secondary N) is 1. The van der Waals surface area contributed by atoms with Gasteiger partial charge < -0.3 is 14.4 Å². The minimum atomic E-state index is -3.31. The lowest BCUT2D eigenvalue weighted by atomic mass is 10.0. The SMILES string of the molecule is CC(C)C(O)c1cc(OC(=O)Nc2ncc(F)s2)n(Cc2ccc(S(C)(=O)=O)cc2)c1. The Hall–Kier alpha value is -2.76. The van der Waals surface area contributed by atoms with Crippen LogP contribution in [0.1, 0.15) is 31.1 Å². The van der Waals surface area contributed by atoms with Crippen LogP contribution < -0.4 is 10.1 Å². The summed E-state index contributed by atoms with van der Waals surface area (Å²) in [6, 6.07) is 7.89. The zero-order chi connectivity index (χ0) is 22.8. The van der Waals surface area contributed by atoms with Crippen molar-refractivity contribution in [2.24, 2.45) is 5.92 Å². The lowest BCUT2D eigenvalue weighted by molar-refractivity contribution is 0.127. The fraction of sp³-hybridized carbons (Fsp3) is 0.300. The molecule has 2 N–H and O–H groups in total. The highest BCUT2D eigenvalue weighted by atomic mass is 32.2. The molecule has 1 unspecified atom stereocenters. The molecule has 8 nitrogen and oxygen atoms in total. The first kappa shape index (κ1) is 22.9. The molecule has 0 saturated carbocycles. The van der Waals surface area contributed by atoms with Crippen LogP contribution in [0, 0.1) is 11.0 Å². The van der Waals surface area contributed by atoms with Crippen LogP contribution in [0.2, 0.25) is 0 Å². The third-order valence-corrected chi connectivity index (χ3v) is 6.27. The summed E-state index contributed by atoms with van der Waals surface area (Å²) in [5, 5.41) is 12.3. The second-order valence-corrected chi connectivity index (χ2v) is 10.3. The number of aliphatic hydroxyl groups is 1. The molecule has 0 saturated heterocycles. The Kier molecular flexibility index (Phi) is 6.77. The first-order valence-corrected chi connectivity index (χ1v) is 12.0. The van der Waals surface area contributed by atoms with Crippen molar-refractivity contribution in [1.82, 2.24) is 9.55 Å². The minimum absolute atomic E-state index is 0.0550. The molecule has 0 fully saturated rings. The predicted octanol–water partition coefficient (Wildman–Crippen LogP) is 3.84. The van der Waals surface area contributed by atoms with E-state index in [1.807, 2.05) is 13.8 Å². The number of amides is 1. The summed E-state index contributed by atoms with van der Waals surface area (Å²) in [6.07, 6.45) is 2.16. The third-order valence-electron chi connectivity index (χ3n) is 4.44. The Bertz CT molecular complexity index is 1170. The largest absolute Gasteiger partial charge is 0.420 e. The second kappa shape index (κ2) is 9.16. The number of rotatable bonds is 7. The van der Waals surface area contributed by atoms with Gasteiger partial charge in [-0.3, -0.25) is 5.32 Å². The molecule has 166 valence electrons. The molecular formula is C20H22FN3O5S2. The summed E-state index contributed by atoms with van der Waals surface area (Å²) in [4.78, 5) is 16.1. The molecule has 1 atom stereocenters. The fourth-order valence-electron chi connectivity index (χ4n) is 2.82. The van der Waals surface area contributed by atoms with E-state index in [1.165, 1.54) is 12.1 Å². The number of halogens is 1. The van der Waals surface area contributed by atoms with Gasteiger partial charge in [-0.25, -0.2) is 18.2 Å². The van der Waals surface area contributed by atoms with E-state index < -0.39 is 27.2 Å². The molecule has 0 aliphatic rings. The number of hydrogen-bond acceptors (Lipinski definition) is 7. The first-order chi connectivity index (χ1) is 14.5. The number of nitrogens with zero attached hydrogens (tertiary/aromatic N) is 2.